The number of benzene rings is 2. The Balaban J connectivity index is 1.46. The van der Waals surface area contributed by atoms with Gasteiger partial charge in [-0.3, -0.25) is 14.3 Å². The normalized spacial score (nSPS) is 13.7. The highest BCUT2D eigenvalue weighted by Gasteiger charge is 2.22. The highest BCUT2D eigenvalue weighted by atomic mass is 32.2. The Kier molecular flexibility index (Phi) is 6.29. The molecule has 0 radical (unpaired) electrons. The van der Waals surface area contributed by atoms with Gasteiger partial charge in [0.05, 0.1) is 0 Å². The maximum absolute atomic E-state index is 12.8. The minimum absolute atomic E-state index is 0.0153. The van der Waals surface area contributed by atoms with E-state index in [0.717, 1.165) is 42.8 Å². The standard InChI is InChI=1S/C23H23N3O4S2/c1-16-19(23(28)26-13-2-3-14-26)6-4-7-20(16)24-22(27)17-9-11-18(12-10-17)25-32(29,30)21-8-5-15-31-21/h4-12,15,25H,2-3,13-14H2,1H3,(H,24,27). The molecule has 9 heteroatoms. The SMILES string of the molecule is Cc1c(NC(=O)c2ccc(NS(=O)(=O)c3cccs3)cc2)cccc1C(=O)N1CCCC1. The first-order valence-corrected chi connectivity index (χ1v) is 12.6. The predicted octanol–water partition coefficient (Wildman–Crippen LogP) is 4.35. The molecule has 0 spiro atoms. The van der Waals surface area contributed by atoms with Crippen molar-refractivity contribution in [1.29, 1.82) is 0 Å². The summed E-state index contributed by atoms with van der Waals surface area (Å²) in [6.45, 7) is 3.34. The van der Waals surface area contributed by atoms with Crippen LogP contribution in [0.15, 0.2) is 64.2 Å². The molecule has 4 rings (SSSR count). The molecule has 2 aromatic carbocycles. The van der Waals surface area contributed by atoms with E-state index in [4.69, 9.17) is 0 Å². The van der Waals surface area contributed by atoms with Gasteiger partial charge in [-0.1, -0.05) is 12.1 Å². The predicted molar refractivity (Wildman–Crippen MR) is 126 cm³/mol. The van der Waals surface area contributed by atoms with Crippen LogP contribution in [0.1, 0.15) is 39.1 Å². The van der Waals surface area contributed by atoms with Crippen molar-refractivity contribution in [2.24, 2.45) is 0 Å². The molecule has 1 aromatic heterocycles. The average molecular weight is 470 g/mol. The second kappa shape index (κ2) is 9.13. The Bertz CT molecular complexity index is 1230. The molecule has 3 aromatic rings. The zero-order chi connectivity index (χ0) is 22.7. The van der Waals surface area contributed by atoms with Gasteiger partial charge < -0.3 is 10.2 Å². The molecule has 2 amide bonds. The third kappa shape index (κ3) is 4.68. The summed E-state index contributed by atoms with van der Waals surface area (Å²) < 4.78 is 27.4. The van der Waals surface area contributed by atoms with Crippen molar-refractivity contribution in [3.8, 4) is 0 Å². The van der Waals surface area contributed by atoms with Crippen LogP contribution in [0.3, 0.4) is 0 Å². The van der Waals surface area contributed by atoms with Crippen LogP contribution >= 0.6 is 11.3 Å². The largest absolute Gasteiger partial charge is 0.339 e. The van der Waals surface area contributed by atoms with Crippen LogP contribution in [0, 0.1) is 6.92 Å². The molecule has 2 N–H and O–H groups in total. The Labute approximate surface area is 191 Å². The number of likely N-dealkylation sites (tertiary alicyclic amines) is 1. The van der Waals surface area contributed by atoms with E-state index in [1.54, 1.807) is 53.9 Å². The average Bonchev–Trinajstić information content (AvgIpc) is 3.50. The summed E-state index contributed by atoms with van der Waals surface area (Å²) >= 11 is 1.13. The maximum Gasteiger partial charge on any atom is 0.271 e. The van der Waals surface area contributed by atoms with E-state index < -0.39 is 10.0 Å². The van der Waals surface area contributed by atoms with Gasteiger partial charge in [0.25, 0.3) is 21.8 Å². The number of carbonyl (C=O) groups is 2. The third-order valence-electron chi connectivity index (χ3n) is 5.36. The van der Waals surface area contributed by atoms with Gasteiger partial charge in [0.2, 0.25) is 0 Å². The molecular weight excluding hydrogens is 446 g/mol. The molecule has 2 heterocycles. The second-order valence-electron chi connectivity index (χ2n) is 7.55. The van der Waals surface area contributed by atoms with E-state index in [1.807, 2.05) is 11.8 Å². The maximum atomic E-state index is 12.8. The summed E-state index contributed by atoms with van der Waals surface area (Å²) in [5, 5.41) is 4.55. The highest BCUT2D eigenvalue weighted by Crippen LogP contribution is 2.24. The summed E-state index contributed by atoms with van der Waals surface area (Å²) in [5.74, 6) is -0.356. The minimum atomic E-state index is -3.65. The van der Waals surface area contributed by atoms with Gasteiger partial charge in [-0.15, -0.1) is 11.3 Å². The number of nitrogens with zero attached hydrogens (tertiary/aromatic N) is 1. The number of hydrogen-bond donors (Lipinski definition) is 2. The zero-order valence-corrected chi connectivity index (χ0v) is 19.1. The zero-order valence-electron chi connectivity index (χ0n) is 17.5. The van der Waals surface area contributed by atoms with E-state index in [0.29, 0.717) is 22.5 Å². The summed E-state index contributed by atoms with van der Waals surface area (Å²) in [5.41, 5.74) is 2.62. The Morgan fingerprint density at radius 1 is 0.969 bits per heavy atom. The number of amides is 2. The van der Waals surface area contributed by atoms with Crippen molar-refractivity contribution in [2.45, 2.75) is 24.0 Å². The van der Waals surface area contributed by atoms with Crippen molar-refractivity contribution in [1.82, 2.24) is 4.90 Å². The molecule has 1 fully saturated rings. The number of rotatable bonds is 6. The number of nitrogens with one attached hydrogen (secondary N) is 2. The van der Waals surface area contributed by atoms with Gasteiger partial charge in [-0.25, -0.2) is 8.42 Å². The van der Waals surface area contributed by atoms with E-state index in [1.165, 1.54) is 6.07 Å². The lowest BCUT2D eigenvalue weighted by Gasteiger charge is -2.18. The summed E-state index contributed by atoms with van der Waals surface area (Å²) in [6.07, 6.45) is 2.03. The van der Waals surface area contributed by atoms with E-state index >= 15 is 0 Å². The second-order valence-corrected chi connectivity index (χ2v) is 10.4. The number of sulfonamides is 1. The summed E-state index contributed by atoms with van der Waals surface area (Å²) in [4.78, 5) is 27.4. The first-order chi connectivity index (χ1) is 15.3. The lowest BCUT2D eigenvalue weighted by atomic mass is 10.0. The summed E-state index contributed by atoms with van der Waals surface area (Å²) in [6, 6.07) is 14.7. The van der Waals surface area contributed by atoms with Crippen LogP contribution < -0.4 is 10.0 Å². The van der Waals surface area contributed by atoms with Crippen LogP contribution in [-0.4, -0.2) is 38.2 Å². The smallest absolute Gasteiger partial charge is 0.271 e. The van der Waals surface area contributed by atoms with E-state index in [2.05, 4.69) is 10.0 Å². The number of thiophene rings is 1. The lowest BCUT2D eigenvalue weighted by Crippen LogP contribution is -2.28. The Hall–Kier alpha value is -3.17. The topological polar surface area (TPSA) is 95.6 Å². The molecule has 0 unspecified atom stereocenters. The van der Waals surface area contributed by atoms with Gasteiger partial charge in [-0.05, 0) is 73.2 Å². The fourth-order valence-electron chi connectivity index (χ4n) is 3.60. The van der Waals surface area contributed by atoms with Gasteiger partial charge >= 0.3 is 0 Å². The number of hydrogen-bond acceptors (Lipinski definition) is 5. The van der Waals surface area contributed by atoms with Gasteiger partial charge in [-0.2, -0.15) is 0 Å². The van der Waals surface area contributed by atoms with Gasteiger partial charge in [0.1, 0.15) is 4.21 Å². The van der Waals surface area contributed by atoms with Crippen LogP contribution in [-0.2, 0) is 10.0 Å². The fraction of sp³-hybridized carbons (Fsp3) is 0.217. The fourth-order valence-corrected chi connectivity index (χ4v) is 5.65. The number of anilines is 2. The summed E-state index contributed by atoms with van der Waals surface area (Å²) in [7, 11) is -3.65. The molecule has 0 aliphatic carbocycles. The first kappa shape index (κ1) is 22.0. The first-order valence-electron chi connectivity index (χ1n) is 10.2. The van der Waals surface area contributed by atoms with Crippen LogP contribution in [0.5, 0.6) is 0 Å². The van der Waals surface area contributed by atoms with Gasteiger partial charge in [0.15, 0.2) is 0 Å². The molecule has 0 atom stereocenters. The molecule has 0 saturated carbocycles. The van der Waals surface area contributed by atoms with Crippen molar-refractivity contribution >= 4 is 44.5 Å². The lowest BCUT2D eigenvalue weighted by molar-refractivity contribution is 0.0791. The third-order valence-corrected chi connectivity index (χ3v) is 8.14. The molecule has 7 nitrogen and oxygen atoms in total. The van der Waals surface area contributed by atoms with E-state index in [9.17, 15) is 18.0 Å². The molecule has 0 bridgehead atoms. The van der Waals surface area contributed by atoms with Crippen molar-refractivity contribution in [3.63, 3.8) is 0 Å². The molecule has 32 heavy (non-hydrogen) atoms. The van der Waals surface area contributed by atoms with Crippen molar-refractivity contribution < 1.29 is 18.0 Å². The molecular formula is C23H23N3O4S2. The van der Waals surface area contributed by atoms with E-state index in [-0.39, 0.29) is 16.0 Å². The van der Waals surface area contributed by atoms with Gasteiger partial charge in [0, 0.05) is 35.6 Å². The molecule has 1 aliphatic heterocycles. The Morgan fingerprint density at radius 2 is 1.69 bits per heavy atom. The minimum Gasteiger partial charge on any atom is -0.339 e. The van der Waals surface area contributed by atoms with Crippen molar-refractivity contribution in [3.05, 3.63) is 76.7 Å². The molecule has 1 saturated heterocycles. The Morgan fingerprint density at radius 3 is 2.34 bits per heavy atom. The van der Waals surface area contributed by atoms with Crippen molar-refractivity contribution in [2.75, 3.05) is 23.1 Å². The highest BCUT2D eigenvalue weighted by molar-refractivity contribution is 7.94. The monoisotopic (exact) mass is 469 g/mol. The van der Waals surface area contributed by atoms with Crippen LogP contribution in [0.2, 0.25) is 0 Å². The molecule has 1 aliphatic rings. The van der Waals surface area contributed by atoms with Crippen LogP contribution in [0.25, 0.3) is 0 Å². The van der Waals surface area contributed by atoms with Crippen LogP contribution in [0.4, 0.5) is 11.4 Å². The molecule has 166 valence electrons. The number of carbonyl (C=O) groups excluding carboxylic acids is 2. The quantitative estimate of drug-likeness (QED) is 0.561.